The second kappa shape index (κ2) is 8.22. The van der Waals surface area contributed by atoms with Crippen LogP contribution in [0.2, 0.25) is 0 Å². The second-order valence-electron chi connectivity index (χ2n) is 6.70. The number of nitrogens with one attached hydrogen (secondary N) is 1. The Balaban J connectivity index is 1.51. The van der Waals surface area contributed by atoms with Crippen LogP contribution in [0.1, 0.15) is 24.4 Å². The van der Waals surface area contributed by atoms with Crippen molar-refractivity contribution in [2.45, 2.75) is 18.9 Å². The van der Waals surface area contributed by atoms with Crippen LogP contribution in [-0.2, 0) is 0 Å². The molecule has 0 unspecified atom stereocenters. The van der Waals surface area contributed by atoms with Crippen molar-refractivity contribution in [3.8, 4) is 11.3 Å². The molecule has 0 radical (unpaired) electrons. The monoisotopic (exact) mass is 363 g/mol. The molecule has 3 aromatic rings. The summed E-state index contributed by atoms with van der Waals surface area (Å²) in [6.45, 7) is 2.78. The number of nitrogens with zero attached hydrogens (tertiary/aromatic N) is 4. The summed E-state index contributed by atoms with van der Waals surface area (Å²) < 4.78 is 13.3. The van der Waals surface area contributed by atoms with Gasteiger partial charge in [0.25, 0.3) is 0 Å². The van der Waals surface area contributed by atoms with Gasteiger partial charge in [-0.15, -0.1) is 0 Å². The number of aromatic nitrogens is 3. The van der Waals surface area contributed by atoms with Gasteiger partial charge in [-0.2, -0.15) is 0 Å². The van der Waals surface area contributed by atoms with Crippen molar-refractivity contribution in [3.63, 3.8) is 0 Å². The number of anilines is 1. The van der Waals surface area contributed by atoms with Gasteiger partial charge < -0.3 is 5.32 Å². The van der Waals surface area contributed by atoms with E-state index in [9.17, 15) is 4.39 Å². The Morgan fingerprint density at radius 1 is 1.04 bits per heavy atom. The molecular weight excluding hydrogens is 341 g/mol. The number of benzene rings is 1. The molecule has 1 atom stereocenters. The molecule has 0 saturated carbocycles. The van der Waals surface area contributed by atoms with Gasteiger partial charge in [-0.1, -0.05) is 12.1 Å². The zero-order valence-corrected chi connectivity index (χ0v) is 15.1. The second-order valence-corrected chi connectivity index (χ2v) is 6.70. The van der Waals surface area contributed by atoms with Crippen LogP contribution in [0.25, 0.3) is 11.3 Å². The molecule has 1 N–H and O–H groups in total. The van der Waals surface area contributed by atoms with Gasteiger partial charge >= 0.3 is 0 Å². The van der Waals surface area contributed by atoms with E-state index in [1.807, 2.05) is 30.3 Å². The lowest BCUT2D eigenvalue weighted by atomic mass is 10.1. The lowest BCUT2D eigenvalue weighted by molar-refractivity contribution is 0.255. The van der Waals surface area contributed by atoms with Gasteiger partial charge in [-0.25, -0.2) is 14.4 Å². The van der Waals surface area contributed by atoms with E-state index in [1.165, 1.54) is 25.0 Å². The summed E-state index contributed by atoms with van der Waals surface area (Å²) in [5, 5.41) is 3.37. The van der Waals surface area contributed by atoms with Crippen LogP contribution < -0.4 is 5.32 Å². The summed E-state index contributed by atoms with van der Waals surface area (Å²) in [7, 11) is 0. The van der Waals surface area contributed by atoms with Crippen LogP contribution in [0, 0.1) is 5.82 Å². The average Bonchev–Trinajstić information content (AvgIpc) is 3.25. The minimum atomic E-state index is -0.209. The average molecular weight is 363 g/mol. The topological polar surface area (TPSA) is 53.9 Å². The molecule has 1 aliphatic rings. The number of likely N-dealkylation sites (tertiary alicyclic amines) is 1. The first-order chi connectivity index (χ1) is 13.3. The van der Waals surface area contributed by atoms with Crippen molar-refractivity contribution >= 4 is 5.95 Å². The van der Waals surface area contributed by atoms with E-state index in [0.717, 1.165) is 29.9 Å². The normalized spacial score (nSPS) is 15.6. The molecule has 4 rings (SSSR count). The van der Waals surface area contributed by atoms with Crippen molar-refractivity contribution in [1.29, 1.82) is 0 Å². The fourth-order valence-corrected chi connectivity index (χ4v) is 3.50. The van der Waals surface area contributed by atoms with Crippen LogP contribution in [0.4, 0.5) is 10.3 Å². The first-order valence-electron chi connectivity index (χ1n) is 9.26. The smallest absolute Gasteiger partial charge is 0.223 e. The summed E-state index contributed by atoms with van der Waals surface area (Å²) in [6, 6.07) is 12.7. The zero-order chi connectivity index (χ0) is 18.5. The number of halogens is 1. The van der Waals surface area contributed by atoms with Crippen LogP contribution in [0.3, 0.4) is 0 Å². The Kier molecular flexibility index (Phi) is 5.34. The third-order valence-electron chi connectivity index (χ3n) is 4.90. The third kappa shape index (κ3) is 4.28. The highest BCUT2D eigenvalue weighted by atomic mass is 19.1. The van der Waals surface area contributed by atoms with Crippen molar-refractivity contribution in [2.24, 2.45) is 0 Å². The van der Waals surface area contributed by atoms with Crippen LogP contribution >= 0.6 is 0 Å². The maximum absolute atomic E-state index is 13.3. The summed E-state index contributed by atoms with van der Waals surface area (Å²) in [6.07, 6.45) is 7.68. The molecule has 0 bridgehead atoms. The highest BCUT2D eigenvalue weighted by Gasteiger charge is 2.23. The lowest BCUT2D eigenvalue weighted by Crippen LogP contribution is -2.31. The highest BCUT2D eigenvalue weighted by Crippen LogP contribution is 2.26. The molecule has 27 heavy (non-hydrogen) atoms. The molecular formula is C21H22FN5. The predicted molar refractivity (Wildman–Crippen MR) is 104 cm³/mol. The number of pyridine rings is 1. The minimum Gasteiger partial charge on any atom is -0.352 e. The summed E-state index contributed by atoms with van der Waals surface area (Å²) in [4.78, 5) is 15.5. The molecule has 3 heterocycles. The number of hydrogen-bond acceptors (Lipinski definition) is 5. The first kappa shape index (κ1) is 17.5. The molecule has 1 aromatic carbocycles. The molecule has 1 saturated heterocycles. The zero-order valence-electron chi connectivity index (χ0n) is 15.1. The summed E-state index contributed by atoms with van der Waals surface area (Å²) in [5.41, 5.74) is 2.90. The SMILES string of the molecule is Fc1ccc([C@H](CNc2nccc(-c3cccnc3)n2)N2CCCC2)cc1. The van der Waals surface area contributed by atoms with E-state index >= 15 is 0 Å². The molecule has 138 valence electrons. The largest absolute Gasteiger partial charge is 0.352 e. The van der Waals surface area contributed by atoms with Crippen LogP contribution in [0.5, 0.6) is 0 Å². The summed E-state index contributed by atoms with van der Waals surface area (Å²) >= 11 is 0. The van der Waals surface area contributed by atoms with Gasteiger partial charge in [-0.3, -0.25) is 9.88 Å². The first-order valence-corrected chi connectivity index (χ1v) is 9.26. The molecule has 2 aromatic heterocycles. The Labute approximate surface area is 158 Å². The van der Waals surface area contributed by atoms with Gasteiger partial charge in [0.1, 0.15) is 5.82 Å². The van der Waals surface area contributed by atoms with Crippen LogP contribution in [0.15, 0.2) is 61.1 Å². The highest BCUT2D eigenvalue weighted by molar-refractivity contribution is 5.58. The van der Waals surface area contributed by atoms with Gasteiger partial charge in [0.05, 0.1) is 11.7 Å². The van der Waals surface area contributed by atoms with Crippen LogP contribution in [-0.4, -0.2) is 39.5 Å². The third-order valence-corrected chi connectivity index (χ3v) is 4.90. The maximum atomic E-state index is 13.3. The van der Waals surface area contributed by atoms with Gasteiger partial charge in [-0.05, 0) is 61.8 Å². The quantitative estimate of drug-likeness (QED) is 0.719. The van der Waals surface area contributed by atoms with Gasteiger partial charge in [0, 0.05) is 30.7 Å². The molecule has 6 heteroatoms. The molecule has 1 aliphatic heterocycles. The molecule has 1 fully saturated rings. The van der Waals surface area contributed by atoms with Gasteiger partial charge in [0.15, 0.2) is 0 Å². The Morgan fingerprint density at radius 2 is 1.85 bits per heavy atom. The van der Waals surface area contributed by atoms with E-state index < -0.39 is 0 Å². The Morgan fingerprint density at radius 3 is 2.59 bits per heavy atom. The predicted octanol–water partition coefficient (Wildman–Crippen LogP) is 3.93. The fourth-order valence-electron chi connectivity index (χ4n) is 3.50. The van der Waals surface area contributed by atoms with E-state index in [-0.39, 0.29) is 11.9 Å². The molecule has 0 aliphatic carbocycles. The van der Waals surface area contributed by atoms with Gasteiger partial charge in [0.2, 0.25) is 5.95 Å². The number of rotatable bonds is 6. The van der Waals surface area contributed by atoms with Crippen molar-refractivity contribution in [1.82, 2.24) is 19.9 Å². The van der Waals surface area contributed by atoms with E-state index in [0.29, 0.717) is 12.5 Å². The van der Waals surface area contributed by atoms with E-state index in [2.05, 4.69) is 25.2 Å². The van der Waals surface area contributed by atoms with Crippen molar-refractivity contribution in [3.05, 3.63) is 72.4 Å². The molecule has 0 spiro atoms. The van der Waals surface area contributed by atoms with Crippen molar-refractivity contribution in [2.75, 3.05) is 25.0 Å². The lowest BCUT2D eigenvalue weighted by Gasteiger charge is -2.28. The van der Waals surface area contributed by atoms with E-state index in [1.54, 1.807) is 18.6 Å². The summed E-state index contributed by atoms with van der Waals surface area (Å²) in [5.74, 6) is 0.377. The Hall–Kier alpha value is -2.86. The Bertz CT molecular complexity index is 863. The van der Waals surface area contributed by atoms with E-state index in [4.69, 9.17) is 0 Å². The maximum Gasteiger partial charge on any atom is 0.223 e. The fraction of sp³-hybridized carbons (Fsp3) is 0.286. The standard InChI is InChI=1S/C21H22FN5/c22-18-7-5-16(6-8-18)20(27-12-1-2-13-27)15-25-21-24-11-9-19(26-21)17-4-3-10-23-14-17/h3-11,14,20H,1-2,12-13,15H2,(H,24,25,26)/t20-/m0/s1. The van der Waals surface area contributed by atoms with Crippen molar-refractivity contribution < 1.29 is 4.39 Å². The minimum absolute atomic E-state index is 0.166. The number of hydrogen-bond donors (Lipinski definition) is 1. The molecule has 5 nitrogen and oxygen atoms in total. The molecule has 0 amide bonds.